The Morgan fingerprint density at radius 1 is 0.885 bits per heavy atom. The third-order valence-electron chi connectivity index (χ3n) is 4.63. The van der Waals surface area contributed by atoms with Crippen LogP contribution in [0.3, 0.4) is 0 Å². The lowest BCUT2D eigenvalue weighted by Crippen LogP contribution is -2.28. The lowest BCUT2D eigenvalue weighted by molar-refractivity contribution is -0.123. The molecule has 0 aromatic heterocycles. The first-order chi connectivity index (χ1) is 12.5. The average molecular weight is 380 g/mol. The van der Waals surface area contributed by atoms with Gasteiger partial charge in [-0.05, 0) is 37.5 Å². The molecule has 3 nitrogen and oxygen atoms in total. The second kappa shape index (κ2) is 13.8. The number of amides is 1. The Bertz CT molecular complexity index is 527. The number of halogens is 1. The maximum Gasteiger partial charge on any atom is 0.250 e. The molecule has 146 valence electrons. The maximum absolute atomic E-state index is 11.7. The van der Waals surface area contributed by atoms with Crippen molar-refractivity contribution in [1.82, 2.24) is 0 Å². The van der Waals surface area contributed by atoms with Crippen LogP contribution in [0.25, 0.3) is 0 Å². The third-order valence-corrected chi connectivity index (χ3v) is 5.13. The minimum atomic E-state index is -1.12. The van der Waals surface area contributed by atoms with Crippen LogP contribution in [-0.2, 0) is 16.0 Å². The monoisotopic (exact) mass is 379 g/mol. The minimum absolute atomic E-state index is 0.346. The summed E-state index contributed by atoms with van der Waals surface area (Å²) < 4.78 is 0. The largest absolute Gasteiger partial charge is 0.324 e. The van der Waals surface area contributed by atoms with E-state index in [-0.39, 0.29) is 5.78 Å². The van der Waals surface area contributed by atoms with Crippen molar-refractivity contribution in [3.05, 3.63) is 29.8 Å². The summed E-state index contributed by atoms with van der Waals surface area (Å²) in [5, 5.41) is 1.54. The Labute approximate surface area is 163 Å². The van der Waals surface area contributed by atoms with Crippen LogP contribution in [0.1, 0.15) is 83.6 Å². The molecule has 26 heavy (non-hydrogen) atoms. The van der Waals surface area contributed by atoms with Gasteiger partial charge >= 0.3 is 0 Å². The number of alkyl halides is 1. The van der Waals surface area contributed by atoms with Gasteiger partial charge in [0.2, 0.25) is 5.91 Å². The summed E-state index contributed by atoms with van der Waals surface area (Å²) in [7, 11) is 0. The highest BCUT2D eigenvalue weighted by atomic mass is 35.5. The fourth-order valence-electron chi connectivity index (χ4n) is 2.96. The van der Waals surface area contributed by atoms with Gasteiger partial charge in [0.25, 0.3) is 0 Å². The molecular formula is C22H34ClNO2. The lowest BCUT2D eigenvalue weighted by atomic mass is 10.0. The van der Waals surface area contributed by atoms with Crippen LogP contribution < -0.4 is 5.32 Å². The summed E-state index contributed by atoms with van der Waals surface area (Å²) in [5.74, 6) is -0.816. The van der Waals surface area contributed by atoms with Gasteiger partial charge < -0.3 is 5.32 Å². The van der Waals surface area contributed by atoms with Crippen LogP contribution in [0, 0.1) is 0 Å². The van der Waals surface area contributed by atoms with Crippen LogP contribution in [0.4, 0.5) is 5.69 Å². The lowest BCUT2D eigenvalue weighted by Gasteiger charge is -2.09. The van der Waals surface area contributed by atoms with Crippen molar-refractivity contribution < 1.29 is 9.59 Å². The van der Waals surface area contributed by atoms with Crippen molar-refractivity contribution in [2.24, 2.45) is 0 Å². The van der Waals surface area contributed by atoms with Gasteiger partial charge in [-0.2, -0.15) is 0 Å². The molecule has 1 aromatic carbocycles. The molecule has 1 aromatic rings. The standard InChI is InChI=1S/C22H34ClNO2/c1-3-4-5-6-7-8-9-10-11-12-13-19-14-16-20(17-15-19)24-22(26)21(23)18(2)25/h14-17,21H,3-13H2,1-2H3,(H,24,26)/t21-/m0/s1. The number of hydrogen-bond donors (Lipinski definition) is 1. The summed E-state index contributed by atoms with van der Waals surface area (Å²) in [5.41, 5.74) is 1.95. The summed E-state index contributed by atoms with van der Waals surface area (Å²) >= 11 is 5.74. The molecule has 0 aliphatic carbocycles. The number of carbonyl (C=O) groups excluding carboxylic acids is 2. The number of aryl methyl sites for hydroxylation is 1. The van der Waals surface area contributed by atoms with Crippen molar-refractivity contribution in [2.45, 2.75) is 89.9 Å². The quantitative estimate of drug-likeness (QED) is 0.234. The smallest absolute Gasteiger partial charge is 0.250 e. The second-order valence-corrected chi connectivity index (χ2v) is 7.53. The third kappa shape index (κ3) is 9.96. The van der Waals surface area contributed by atoms with E-state index in [4.69, 9.17) is 11.6 Å². The molecule has 0 radical (unpaired) electrons. The highest BCUT2D eigenvalue weighted by Crippen LogP contribution is 2.15. The molecule has 1 N–H and O–H groups in total. The SMILES string of the molecule is CCCCCCCCCCCCc1ccc(NC(=O)[C@@H](Cl)C(C)=O)cc1. The molecule has 1 rings (SSSR count). The van der Waals surface area contributed by atoms with Crippen molar-refractivity contribution in [3.63, 3.8) is 0 Å². The number of ketones is 1. The van der Waals surface area contributed by atoms with E-state index in [1.54, 1.807) is 0 Å². The van der Waals surface area contributed by atoms with Crippen molar-refractivity contribution >= 4 is 29.0 Å². The first kappa shape index (κ1) is 22.7. The highest BCUT2D eigenvalue weighted by Gasteiger charge is 2.19. The summed E-state index contributed by atoms with van der Waals surface area (Å²) in [4.78, 5) is 22.9. The Kier molecular flexibility index (Phi) is 12.0. The van der Waals surface area contributed by atoms with Gasteiger partial charge in [0.15, 0.2) is 11.2 Å². The first-order valence-electron chi connectivity index (χ1n) is 10.1. The molecule has 0 spiro atoms. The topological polar surface area (TPSA) is 46.2 Å². The van der Waals surface area contributed by atoms with Gasteiger partial charge in [0.05, 0.1) is 0 Å². The number of nitrogens with one attached hydrogen (secondary N) is 1. The number of anilines is 1. The molecule has 0 aliphatic rings. The zero-order chi connectivity index (χ0) is 19.2. The van der Waals surface area contributed by atoms with E-state index in [1.165, 1.54) is 76.7 Å². The van der Waals surface area contributed by atoms with Crippen LogP contribution in [-0.4, -0.2) is 17.1 Å². The molecule has 0 unspecified atom stereocenters. The van der Waals surface area contributed by atoms with E-state index in [9.17, 15) is 9.59 Å². The average Bonchev–Trinajstić information content (AvgIpc) is 2.63. The van der Waals surface area contributed by atoms with Gasteiger partial charge in [-0.15, -0.1) is 11.6 Å². The Hall–Kier alpha value is -1.35. The molecule has 0 aliphatic heterocycles. The zero-order valence-corrected chi connectivity index (χ0v) is 17.1. The van der Waals surface area contributed by atoms with Gasteiger partial charge in [-0.1, -0.05) is 76.8 Å². The number of rotatable bonds is 14. The molecule has 0 fully saturated rings. The number of Topliss-reactive ketones (excluding diaryl/α,β-unsaturated/α-hetero) is 1. The van der Waals surface area contributed by atoms with Crippen molar-refractivity contribution in [3.8, 4) is 0 Å². The normalized spacial score (nSPS) is 12.0. The van der Waals surface area contributed by atoms with E-state index >= 15 is 0 Å². The number of carbonyl (C=O) groups is 2. The zero-order valence-electron chi connectivity index (χ0n) is 16.4. The van der Waals surface area contributed by atoms with Crippen LogP contribution in [0.2, 0.25) is 0 Å². The van der Waals surface area contributed by atoms with Crippen molar-refractivity contribution in [1.29, 1.82) is 0 Å². The van der Waals surface area contributed by atoms with E-state index in [0.29, 0.717) is 5.69 Å². The highest BCUT2D eigenvalue weighted by molar-refractivity contribution is 6.43. The molecule has 0 heterocycles. The first-order valence-corrected chi connectivity index (χ1v) is 10.5. The number of unbranched alkanes of at least 4 members (excludes halogenated alkanes) is 9. The fraction of sp³-hybridized carbons (Fsp3) is 0.636. The second-order valence-electron chi connectivity index (χ2n) is 7.09. The molecule has 1 amide bonds. The number of benzene rings is 1. The van der Waals surface area contributed by atoms with E-state index in [2.05, 4.69) is 12.2 Å². The maximum atomic E-state index is 11.7. The molecule has 1 atom stereocenters. The van der Waals surface area contributed by atoms with E-state index < -0.39 is 11.3 Å². The van der Waals surface area contributed by atoms with Crippen LogP contribution in [0.5, 0.6) is 0 Å². The Morgan fingerprint density at radius 2 is 1.38 bits per heavy atom. The summed E-state index contributed by atoms with van der Waals surface area (Å²) in [6.07, 6.45) is 14.5. The number of hydrogen-bond acceptors (Lipinski definition) is 2. The van der Waals surface area contributed by atoms with Gasteiger partial charge in [-0.25, -0.2) is 0 Å². The molecular weight excluding hydrogens is 346 g/mol. The van der Waals surface area contributed by atoms with Crippen LogP contribution in [0.15, 0.2) is 24.3 Å². The van der Waals surface area contributed by atoms with Crippen LogP contribution >= 0.6 is 11.6 Å². The Morgan fingerprint density at radius 3 is 1.88 bits per heavy atom. The predicted molar refractivity (Wildman–Crippen MR) is 111 cm³/mol. The van der Waals surface area contributed by atoms with Crippen molar-refractivity contribution in [2.75, 3.05) is 5.32 Å². The van der Waals surface area contributed by atoms with E-state index in [1.807, 2.05) is 24.3 Å². The molecule has 0 saturated heterocycles. The molecule has 4 heteroatoms. The summed E-state index contributed by atoms with van der Waals surface area (Å²) in [6, 6.07) is 7.79. The minimum Gasteiger partial charge on any atom is -0.324 e. The van der Waals surface area contributed by atoms with E-state index in [0.717, 1.165) is 6.42 Å². The Balaban J connectivity index is 2.13. The molecule has 0 saturated carbocycles. The molecule has 0 bridgehead atoms. The van der Waals surface area contributed by atoms with Gasteiger partial charge in [0.1, 0.15) is 0 Å². The van der Waals surface area contributed by atoms with Gasteiger partial charge in [-0.3, -0.25) is 9.59 Å². The summed E-state index contributed by atoms with van der Waals surface area (Å²) in [6.45, 7) is 3.57. The van der Waals surface area contributed by atoms with Gasteiger partial charge in [0, 0.05) is 5.69 Å². The predicted octanol–water partition coefficient (Wildman–Crippen LogP) is 6.28. The fourth-order valence-corrected chi connectivity index (χ4v) is 3.02.